The number of aliphatic hydroxyl groups excluding tert-OH is 1. The number of rotatable bonds is 4. The molecule has 0 unspecified atom stereocenters. The average molecular weight is 270 g/mol. The van der Waals surface area contributed by atoms with Crippen LogP contribution in [0.1, 0.15) is 24.0 Å². The fourth-order valence-corrected chi connectivity index (χ4v) is 2.29. The molecule has 4 heteroatoms. The first-order valence-corrected chi connectivity index (χ1v) is 6.70. The normalized spacial score (nSPS) is 21.2. The summed E-state index contributed by atoms with van der Waals surface area (Å²) in [6.07, 6.45) is 4.68. The van der Waals surface area contributed by atoms with Crippen molar-refractivity contribution in [1.82, 2.24) is 4.90 Å². The van der Waals surface area contributed by atoms with Crippen LogP contribution in [0.5, 0.6) is 0 Å². The third kappa shape index (κ3) is 3.69. The first-order chi connectivity index (χ1) is 9.58. The van der Waals surface area contributed by atoms with Crippen molar-refractivity contribution in [3.8, 4) is 6.07 Å². The van der Waals surface area contributed by atoms with Crippen LogP contribution in [0.15, 0.2) is 30.3 Å². The molecule has 0 radical (unpaired) electrons. The second-order valence-corrected chi connectivity index (χ2v) is 5.28. The van der Waals surface area contributed by atoms with Gasteiger partial charge in [0.05, 0.1) is 17.7 Å². The Morgan fingerprint density at radius 2 is 2.10 bits per heavy atom. The van der Waals surface area contributed by atoms with Gasteiger partial charge >= 0.3 is 0 Å². The summed E-state index contributed by atoms with van der Waals surface area (Å²) in [5.41, 5.74) is 1.50. The summed E-state index contributed by atoms with van der Waals surface area (Å²) in [5, 5.41) is 17.9. The molecule has 1 amide bonds. The van der Waals surface area contributed by atoms with Gasteiger partial charge in [-0.15, -0.1) is 0 Å². The molecule has 1 N–H and O–H groups in total. The number of amides is 1. The fourth-order valence-electron chi connectivity index (χ4n) is 2.29. The maximum atomic E-state index is 11.9. The number of nitrogens with zero attached hydrogens (tertiary/aromatic N) is 2. The Hall–Kier alpha value is -2.12. The highest BCUT2D eigenvalue weighted by Gasteiger charge is 2.28. The first kappa shape index (κ1) is 14.3. The van der Waals surface area contributed by atoms with Gasteiger partial charge in [0.25, 0.3) is 0 Å². The molecule has 1 fully saturated rings. The van der Waals surface area contributed by atoms with Gasteiger partial charge in [-0.2, -0.15) is 5.26 Å². The molecular formula is C16H18N2O2. The van der Waals surface area contributed by atoms with Gasteiger partial charge < -0.3 is 10.0 Å². The highest BCUT2D eigenvalue weighted by Crippen LogP contribution is 2.27. The summed E-state index contributed by atoms with van der Waals surface area (Å²) >= 11 is 0. The molecule has 0 bridgehead atoms. The molecule has 0 spiro atoms. The predicted molar refractivity (Wildman–Crippen MR) is 76.6 cm³/mol. The summed E-state index contributed by atoms with van der Waals surface area (Å²) in [6.45, 7) is 0.688. The lowest BCUT2D eigenvalue weighted by molar-refractivity contribution is -0.126. The van der Waals surface area contributed by atoms with Gasteiger partial charge in [0.15, 0.2) is 0 Å². The summed E-state index contributed by atoms with van der Waals surface area (Å²) in [7, 11) is 1.77. The Morgan fingerprint density at radius 1 is 1.45 bits per heavy atom. The van der Waals surface area contributed by atoms with E-state index in [9.17, 15) is 9.90 Å². The molecule has 1 saturated carbocycles. The van der Waals surface area contributed by atoms with Crippen molar-refractivity contribution in [1.29, 1.82) is 5.26 Å². The Bertz CT molecular complexity index is 537. The number of carbonyl (C=O) groups is 1. The first-order valence-electron chi connectivity index (χ1n) is 6.70. The second-order valence-electron chi connectivity index (χ2n) is 5.28. The fraction of sp³-hybridized carbons (Fsp3) is 0.375. The van der Waals surface area contributed by atoms with Crippen LogP contribution in [0.3, 0.4) is 0 Å². The Labute approximate surface area is 118 Å². The van der Waals surface area contributed by atoms with Crippen LogP contribution in [-0.2, 0) is 4.79 Å². The van der Waals surface area contributed by atoms with Crippen molar-refractivity contribution >= 4 is 12.0 Å². The van der Waals surface area contributed by atoms with Gasteiger partial charge in [-0.1, -0.05) is 12.1 Å². The molecule has 1 aliphatic rings. The molecule has 1 aliphatic carbocycles. The number of nitriles is 1. The molecule has 1 aromatic carbocycles. The zero-order valence-electron chi connectivity index (χ0n) is 11.5. The molecule has 104 valence electrons. The summed E-state index contributed by atoms with van der Waals surface area (Å²) in [4.78, 5) is 13.6. The quantitative estimate of drug-likeness (QED) is 0.848. The molecule has 2 rings (SSSR count). The van der Waals surface area contributed by atoms with E-state index in [0.717, 1.165) is 18.4 Å². The molecular weight excluding hydrogens is 252 g/mol. The van der Waals surface area contributed by atoms with E-state index in [-0.39, 0.29) is 12.0 Å². The van der Waals surface area contributed by atoms with E-state index in [1.54, 1.807) is 30.2 Å². The summed E-state index contributed by atoms with van der Waals surface area (Å²) in [6, 6.07) is 9.13. The molecule has 4 nitrogen and oxygen atoms in total. The number of carbonyl (C=O) groups excluding carboxylic acids is 1. The minimum atomic E-state index is -0.183. The van der Waals surface area contributed by atoms with E-state index in [1.165, 1.54) is 6.08 Å². The van der Waals surface area contributed by atoms with Gasteiger partial charge in [0, 0.05) is 19.7 Å². The van der Waals surface area contributed by atoms with Crippen LogP contribution >= 0.6 is 0 Å². The Kier molecular flexibility index (Phi) is 4.54. The van der Waals surface area contributed by atoms with E-state index in [0.29, 0.717) is 18.0 Å². The van der Waals surface area contributed by atoms with E-state index >= 15 is 0 Å². The van der Waals surface area contributed by atoms with Crippen LogP contribution in [0.4, 0.5) is 0 Å². The lowest BCUT2D eigenvalue weighted by Gasteiger charge is -2.34. The van der Waals surface area contributed by atoms with Gasteiger partial charge in [-0.3, -0.25) is 4.79 Å². The molecule has 0 saturated heterocycles. The Balaban J connectivity index is 1.86. The summed E-state index contributed by atoms with van der Waals surface area (Å²) < 4.78 is 0. The number of hydrogen-bond acceptors (Lipinski definition) is 3. The van der Waals surface area contributed by atoms with Crippen LogP contribution in [0.25, 0.3) is 6.08 Å². The van der Waals surface area contributed by atoms with Crippen molar-refractivity contribution in [2.75, 3.05) is 13.6 Å². The molecule has 0 aromatic heterocycles. The van der Waals surface area contributed by atoms with Gasteiger partial charge in [0.1, 0.15) is 0 Å². The largest absolute Gasteiger partial charge is 0.393 e. The van der Waals surface area contributed by atoms with Gasteiger partial charge in [0.2, 0.25) is 5.91 Å². The predicted octanol–water partition coefficient (Wildman–Crippen LogP) is 1.80. The zero-order chi connectivity index (χ0) is 14.5. The summed E-state index contributed by atoms with van der Waals surface area (Å²) in [5.74, 6) is 0.373. The van der Waals surface area contributed by atoms with Crippen LogP contribution < -0.4 is 0 Å². The van der Waals surface area contributed by atoms with E-state index < -0.39 is 0 Å². The van der Waals surface area contributed by atoms with E-state index in [1.807, 2.05) is 12.1 Å². The topological polar surface area (TPSA) is 64.3 Å². The second kappa shape index (κ2) is 6.36. The standard InChI is InChI=1S/C16H18N2O2/c1-18(11-14-8-15(19)9-14)16(20)7-6-12-2-4-13(10-17)5-3-12/h2-7,14-15,19H,8-9,11H2,1H3. The number of aliphatic hydroxyl groups is 1. The molecule has 0 aliphatic heterocycles. The lowest BCUT2D eigenvalue weighted by atomic mass is 9.82. The molecule has 0 atom stereocenters. The highest BCUT2D eigenvalue weighted by molar-refractivity contribution is 5.91. The number of benzene rings is 1. The van der Waals surface area contributed by atoms with Gasteiger partial charge in [-0.25, -0.2) is 0 Å². The monoisotopic (exact) mass is 270 g/mol. The smallest absolute Gasteiger partial charge is 0.246 e. The van der Waals surface area contributed by atoms with Crippen molar-refractivity contribution in [3.63, 3.8) is 0 Å². The van der Waals surface area contributed by atoms with Crippen molar-refractivity contribution in [2.24, 2.45) is 5.92 Å². The van der Waals surface area contributed by atoms with Crippen molar-refractivity contribution in [3.05, 3.63) is 41.5 Å². The van der Waals surface area contributed by atoms with Crippen LogP contribution in [0.2, 0.25) is 0 Å². The highest BCUT2D eigenvalue weighted by atomic mass is 16.3. The molecule has 0 heterocycles. The minimum absolute atomic E-state index is 0.0456. The van der Waals surface area contributed by atoms with E-state index in [4.69, 9.17) is 5.26 Å². The SMILES string of the molecule is CN(CC1CC(O)C1)C(=O)C=Cc1ccc(C#N)cc1. The maximum Gasteiger partial charge on any atom is 0.246 e. The zero-order valence-corrected chi connectivity index (χ0v) is 11.5. The van der Waals surface area contributed by atoms with Gasteiger partial charge in [-0.05, 0) is 42.5 Å². The third-order valence-electron chi connectivity index (χ3n) is 3.58. The molecule has 1 aromatic rings. The third-order valence-corrected chi connectivity index (χ3v) is 3.58. The lowest BCUT2D eigenvalue weighted by Crippen LogP contribution is -2.38. The maximum absolute atomic E-state index is 11.9. The number of likely N-dealkylation sites (N-methyl/N-ethyl adjacent to an activating group) is 1. The molecule has 20 heavy (non-hydrogen) atoms. The van der Waals surface area contributed by atoms with Crippen LogP contribution in [-0.4, -0.2) is 35.6 Å². The van der Waals surface area contributed by atoms with Crippen LogP contribution in [0, 0.1) is 17.2 Å². The van der Waals surface area contributed by atoms with E-state index in [2.05, 4.69) is 6.07 Å². The minimum Gasteiger partial charge on any atom is -0.393 e. The average Bonchev–Trinajstić information content (AvgIpc) is 2.43. The Morgan fingerprint density at radius 3 is 2.65 bits per heavy atom. The number of hydrogen-bond donors (Lipinski definition) is 1. The van der Waals surface area contributed by atoms with Crippen molar-refractivity contribution in [2.45, 2.75) is 18.9 Å². The van der Waals surface area contributed by atoms with Crippen molar-refractivity contribution < 1.29 is 9.90 Å².